The number of aromatic nitrogens is 2. The van der Waals surface area contributed by atoms with Crippen LogP contribution in [-0.4, -0.2) is 33.7 Å². The van der Waals surface area contributed by atoms with E-state index in [-0.39, 0.29) is 5.91 Å². The van der Waals surface area contributed by atoms with Crippen molar-refractivity contribution in [2.24, 2.45) is 13.0 Å². The molecular weight excluding hydrogens is 270 g/mol. The van der Waals surface area contributed by atoms with E-state index in [0.29, 0.717) is 5.56 Å². The van der Waals surface area contributed by atoms with Gasteiger partial charge in [0.2, 0.25) is 0 Å². The molecule has 0 bridgehead atoms. The summed E-state index contributed by atoms with van der Waals surface area (Å²) in [4.78, 5) is 14.1. The van der Waals surface area contributed by atoms with Gasteiger partial charge < -0.3 is 4.90 Å². The molecule has 0 N–H and O–H groups in total. The van der Waals surface area contributed by atoms with Crippen molar-refractivity contribution in [2.45, 2.75) is 19.8 Å². The molecule has 0 unspecified atom stereocenters. The van der Waals surface area contributed by atoms with Crippen molar-refractivity contribution in [3.8, 4) is 0 Å². The molecule has 1 aromatic heterocycles. The lowest BCUT2D eigenvalue weighted by atomic mass is 9.99. The summed E-state index contributed by atoms with van der Waals surface area (Å²) in [6, 6.07) is 0. The quantitative estimate of drug-likeness (QED) is 0.792. The van der Waals surface area contributed by atoms with Gasteiger partial charge in [-0.05, 0) is 34.7 Å². The number of hydrogen-bond acceptors (Lipinski definition) is 2. The van der Waals surface area contributed by atoms with Crippen LogP contribution in [-0.2, 0) is 7.05 Å². The lowest BCUT2D eigenvalue weighted by molar-refractivity contribution is 0.0696. The predicted molar refractivity (Wildman–Crippen MR) is 65.2 cm³/mol. The maximum Gasteiger partial charge on any atom is 0.258 e. The maximum atomic E-state index is 12.2. The van der Waals surface area contributed by atoms with Crippen molar-refractivity contribution >= 4 is 21.8 Å². The maximum absolute atomic E-state index is 12.2. The average Bonchev–Trinajstić information content (AvgIpc) is 2.60. The summed E-state index contributed by atoms with van der Waals surface area (Å²) < 4.78 is 2.43. The highest BCUT2D eigenvalue weighted by atomic mass is 79.9. The summed E-state index contributed by atoms with van der Waals surface area (Å²) in [6.45, 7) is 3.96. The zero-order valence-electron chi connectivity index (χ0n) is 9.61. The number of piperidine rings is 1. The van der Waals surface area contributed by atoms with Crippen molar-refractivity contribution in [1.29, 1.82) is 0 Å². The normalized spacial score (nSPS) is 17.8. The Morgan fingerprint density at radius 3 is 2.62 bits per heavy atom. The van der Waals surface area contributed by atoms with Gasteiger partial charge in [-0.2, -0.15) is 5.10 Å². The number of hydrogen-bond donors (Lipinski definition) is 0. The molecule has 1 fully saturated rings. The summed E-state index contributed by atoms with van der Waals surface area (Å²) in [5.41, 5.74) is 0.664. The molecule has 5 heteroatoms. The second-order valence-electron chi connectivity index (χ2n) is 4.45. The fourth-order valence-electron chi connectivity index (χ4n) is 1.95. The Labute approximate surface area is 104 Å². The minimum absolute atomic E-state index is 0.0897. The lowest BCUT2D eigenvalue weighted by Crippen LogP contribution is -2.37. The average molecular weight is 286 g/mol. The first-order valence-corrected chi connectivity index (χ1v) is 6.35. The van der Waals surface area contributed by atoms with Crippen LogP contribution in [0.15, 0.2) is 10.8 Å². The van der Waals surface area contributed by atoms with E-state index in [1.807, 2.05) is 11.9 Å². The third-order valence-corrected chi connectivity index (χ3v) is 4.11. The number of likely N-dealkylation sites (tertiary alicyclic amines) is 1. The van der Waals surface area contributed by atoms with E-state index in [2.05, 4.69) is 28.0 Å². The number of halogens is 1. The Balaban J connectivity index is 2.11. The third kappa shape index (κ3) is 2.14. The first-order valence-electron chi connectivity index (χ1n) is 5.56. The minimum Gasteiger partial charge on any atom is -0.338 e. The fraction of sp³-hybridized carbons (Fsp3) is 0.636. The number of nitrogens with zero attached hydrogens (tertiary/aromatic N) is 3. The van der Waals surface area contributed by atoms with Crippen LogP contribution in [0, 0.1) is 5.92 Å². The van der Waals surface area contributed by atoms with Gasteiger partial charge in [0.1, 0.15) is 4.60 Å². The van der Waals surface area contributed by atoms with Crippen LogP contribution in [0.1, 0.15) is 30.1 Å². The van der Waals surface area contributed by atoms with E-state index in [9.17, 15) is 4.79 Å². The van der Waals surface area contributed by atoms with E-state index < -0.39 is 0 Å². The zero-order chi connectivity index (χ0) is 11.7. The van der Waals surface area contributed by atoms with E-state index in [4.69, 9.17) is 0 Å². The van der Waals surface area contributed by atoms with Crippen LogP contribution >= 0.6 is 15.9 Å². The molecule has 2 rings (SSSR count). The van der Waals surface area contributed by atoms with Gasteiger partial charge in [0.15, 0.2) is 0 Å². The van der Waals surface area contributed by atoms with Gasteiger partial charge in [0, 0.05) is 20.1 Å². The number of carbonyl (C=O) groups is 1. The van der Waals surface area contributed by atoms with Crippen molar-refractivity contribution in [1.82, 2.24) is 14.7 Å². The molecule has 4 nitrogen and oxygen atoms in total. The van der Waals surface area contributed by atoms with Gasteiger partial charge in [-0.1, -0.05) is 6.92 Å². The summed E-state index contributed by atoms with van der Waals surface area (Å²) in [7, 11) is 1.82. The van der Waals surface area contributed by atoms with E-state index in [1.54, 1.807) is 10.9 Å². The zero-order valence-corrected chi connectivity index (χ0v) is 11.2. The van der Waals surface area contributed by atoms with Gasteiger partial charge in [-0.3, -0.25) is 9.48 Å². The van der Waals surface area contributed by atoms with Crippen molar-refractivity contribution in [3.05, 3.63) is 16.4 Å². The molecule has 0 radical (unpaired) electrons. The summed E-state index contributed by atoms with van der Waals surface area (Å²) >= 11 is 3.38. The first-order chi connectivity index (χ1) is 7.59. The molecule has 16 heavy (non-hydrogen) atoms. The summed E-state index contributed by atoms with van der Waals surface area (Å²) in [5.74, 6) is 0.827. The van der Waals surface area contributed by atoms with Crippen molar-refractivity contribution in [2.75, 3.05) is 13.1 Å². The van der Waals surface area contributed by atoms with E-state index >= 15 is 0 Å². The fourth-order valence-corrected chi connectivity index (χ4v) is 2.31. The minimum atomic E-state index is 0.0897. The molecule has 0 saturated carbocycles. The van der Waals surface area contributed by atoms with Crippen LogP contribution in [0.5, 0.6) is 0 Å². The highest BCUT2D eigenvalue weighted by molar-refractivity contribution is 9.10. The largest absolute Gasteiger partial charge is 0.338 e. The predicted octanol–water partition coefficient (Wildman–Crippen LogP) is 2.05. The third-order valence-electron chi connectivity index (χ3n) is 3.17. The van der Waals surface area contributed by atoms with Crippen LogP contribution in [0.3, 0.4) is 0 Å². The van der Waals surface area contributed by atoms with Gasteiger partial charge in [0.25, 0.3) is 5.91 Å². The molecule has 1 aliphatic heterocycles. The lowest BCUT2D eigenvalue weighted by Gasteiger charge is -2.30. The SMILES string of the molecule is CC1CCN(C(=O)c2cnn(C)c2Br)CC1. The Morgan fingerprint density at radius 1 is 1.50 bits per heavy atom. The Hall–Kier alpha value is -0.840. The second kappa shape index (κ2) is 4.57. The molecule has 88 valence electrons. The Morgan fingerprint density at radius 2 is 2.12 bits per heavy atom. The highest BCUT2D eigenvalue weighted by Crippen LogP contribution is 2.21. The number of amides is 1. The molecule has 0 atom stereocenters. The Bertz CT molecular complexity index is 394. The molecule has 1 saturated heterocycles. The number of rotatable bonds is 1. The highest BCUT2D eigenvalue weighted by Gasteiger charge is 2.24. The smallest absolute Gasteiger partial charge is 0.258 e. The van der Waals surface area contributed by atoms with E-state index in [1.165, 1.54) is 0 Å². The molecule has 0 spiro atoms. The van der Waals surface area contributed by atoms with Gasteiger partial charge >= 0.3 is 0 Å². The standard InChI is InChI=1S/C11H16BrN3O/c1-8-3-5-15(6-4-8)11(16)9-7-13-14(2)10(9)12/h7-8H,3-6H2,1-2H3. The molecule has 1 aliphatic rings. The van der Waals surface area contributed by atoms with E-state index in [0.717, 1.165) is 36.5 Å². The molecule has 1 amide bonds. The summed E-state index contributed by atoms with van der Waals surface area (Å²) in [5, 5.41) is 4.07. The van der Waals surface area contributed by atoms with Crippen molar-refractivity contribution < 1.29 is 4.79 Å². The van der Waals surface area contributed by atoms with Crippen molar-refractivity contribution in [3.63, 3.8) is 0 Å². The number of aryl methyl sites for hydroxylation is 1. The van der Waals surface area contributed by atoms with Crippen LogP contribution < -0.4 is 0 Å². The molecular formula is C11H16BrN3O. The monoisotopic (exact) mass is 285 g/mol. The van der Waals surface area contributed by atoms with Crippen LogP contribution in [0.25, 0.3) is 0 Å². The van der Waals surface area contributed by atoms with Gasteiger partial charge in [-0.15, -0.1) is 0 Å². The molecule has 0 aromatic carbocycles. The summed E-state index contributed by atoms with van der Waals surface area (Å²) in [6.07, 6.45) is 3.83. The molecule has 1 aromatic rings. The molecule has 2 heterocycles. The topological polar surface area (TPSA) is 38.1 Å². The van der Waals surface area contributed by atoms with Crippen LogP contribution in [0.4, 0.5) is 0 Å². The molecule has 0 aliphatic carbocycles. The first kappa shape index (κ1) is 11.6. The Kier molecular flexibility index (Phi) is 3.33. The second-order valence-corrected chi connectivity index (χ2v) is 5.20. The van der Waals surface area contributed by atoms with Gasteiger partial charge in [0.05, 0.1) is 11.8 Å². The van der Waals surface area contributed by atoms with Crippen LogP contribution in [0.2, 0.25) is 0 Å². The van der Waals surface area contributed by atoms with Gasteiger partial charge in [-0.25, -0.2) is 0 Å². The number of carbonyl (C=O) groups excluding carboxylic acids is 1.